The van der Waals surface area contributed by atoms with Gasteiger partial charge in [-0.15, -0.1) is 0 Å². The summed E-state index contributed by atoms with van der Waals surface area (Å²) >= 11 is 7.47. The first-order valence-electron chi connectivity index (χ1n) is 16.0. The van der Waals surface area contributed by atoms with E-state index in [-0.39, 0.29) is 33.5 Å². The number of halogens is 2. The quantitative estimate of drug-likeness (QED) is 0.278. The van der Waals surface area contributed by atoms with Gasteiger partial charge in [-0.1, -0.05) is 176 Å². The Labute approximate surface area is 284 Å². The number of allylic oxidation sites excluding steroid dienone is 20. The van der Waals surface area contributed by atoms with Crippen molar-refractivity contribution in [2.75, 3.05) is 0 Å². The van der Waals surface area contributed by atoms with E-state index in [9.17, 15) is 0 Å². The van der Waals surface area contributed by atoms with E-state index in [1.54, 1.807) is 0 Å². The van der Waals surface area contributed by atoms with Gasteiger partial charge in [0, 0.05) is 12.8 Å². The second-order valence-corrected chi connectivity index (χ2v) is 19.0. The van der Waals surface area contributed by atoms with Crippen molar-refractivity contribution in [2.45, 2.75) is 95.9 Å². The minimum Gasteiger partial charge on any atom is -0.298 e. The van der Waals surface area contributed by atoms with Crippen LogP contribution in [0.2, 0.25) is 0 Å². The van der Waals surface area contributed by atoms with Gasteiger partial charge in [0.2, 0.25) is 0 Å². The number of rotatable bonds is 2. The van der Waals surface area contributed by atoms with Crippen molar-refractivity contribution in [1.29, 1.82) is 0 Å². The maximum atomic E-state index is 15.6. The van der Waals surface area contributed by atoms with Crippen molar-refractivity contribution in [2.24, 2.45) is 33.5 Å². The second-order valence-electron chi connectivity index (χ2n) is 16.9. The lowest BCUT2D eigenvalue weighted by Gasteiger charge is -2.45. The third-order valence-corrected chi connectivity index (χ3v) is 10.2. The van der Waals surface area contributed by atoms with E-state index in [2.05, 4.69) is 176 Å². The third kappa shape index (κ3) is 7.52. The van der Waals surface area contributed by atoms with Crippen molar-refractivity contribution in [3.63, 3.8) is 0 Å². The molecule has 0 fully saturated rings. The van der Waals surface area contributed by atoms with Crippen LogP contribution in [0.5, 0.6) is 0 Å². The topological polar surface area (TPSA) is 17.1 Å². The molecule has 4 aliphatic carbocycles. The Morgan fingerprint density at radius 3 is 1.05 bits per heavy atom. The van der Waals surface area contributed by atoms with Crippen LogP contribution < -0.4 is 0 Å². The van der Waals surface area contributed by atoms with E-state index in [1.165, 1.54) is 53.5 Å². The molecule has 0 aromatic heterocycles. The molecule has 0 radical (unpaired) electrons. The Balaban J connectivity index is 1.98. The summed E-state index contributed by atoms with van der Waals surface area (Å²) in [5.41, 5.74) is 9.13. The van der Waals surface area contributed by atoms with Gasteiger partial charge in [0.05, 0.1) is 11.8 Å². The van der Waals surface area contributed by atoms with Gasteiger partial charge >= 0.3 is 0 Å². The fourth-order valence-electron chi connectivity index (χ4n) is 6.70. The van der Waals surface area contributed by atoms with E-state index in [0.717, 1.165) is 12.8 Å². The SMILES string of the molecule is CC(C)(C)C1=CC(=C2C=CC=C(Br)C2)C=C(C(C)(C)C)C1C(=O)C1C(C(C)(C)C)=CC(=C2C=CC=C(Br)C2)C=C1C(C)(C)C. The first-order chi connectivity index (χ1) is 20.1. The van der Waals surface area contributed by atoms with Crippen molar-refractivity contribution < 1.29 is 4.79 Å². The summed E-state index contributed by atoms with van der Waals surface area (Å²) in [7, 11) is 0. The maximum absolute atomic E-state index is 15.6. The average Bonchev–Trinajstić information content (AvgIpc) is 2.89. The molecule has 0 aromatic rings. The van der Waals surface area contributed by atoms with E-state index in [1.807, 2.05) is 0 Å². The number of ketones is 1. The number of Topliss-reactive ketones (excluding diaryl/α,β-unsaturated/α-hetero) is 1. The van der Waals surface area contributed by atoms with Gasteiger partial charge in [-0.3, -0.25) is 4.79 Å². The van der Waals surface area contributed by atoms with Crippen LogP contribution in [0.3, 0.4) is 0 Å². The standard InChI is InChI=1S/C41H52Br2O/c1-38(2,3)31-21-27(25-15-13-17-29(42)19-25)22-32(39(4,5)6)35(31)37(44)36-33(40(7,8)9)23-28(24-34(36)41(10,11)12)26-16-14-18-30(43)20-26/h13-18,21-24,35-36H,19-20H2,1-12H3. The molecule has 236 valence electrons. The van der Waals surface area contributed by atoms with Crippen LogP contribution in [-0.2, 0) is 4.79 Å². The molecule has 0 saturated carbocycles. The average molecular weight is 721 g/mol. The zero-order chi connectivity index (χ0) is 33.0. The van der Waals surface area contributed by atoms with Crippen LogP contribution >= 0.6 is 31.9 Å². The van der Waals surface area contributed by atoms with Crippen LogP contribution in [0, 0.1) is 33.5 Å². The largest absolute Gasteiger partial charge is 0.298 e. The van der Waals surface area contributed by atoms with E-state index in [4.69, 9.17) is 0 Å². The molecule has 0 heterocycles. The van der Waals surface area contributed by atoms with Crippen LogP contribution in [-0.4, -0.2) is 5.78 Å². The summed E-state index contributed by atoms with van der Waals surface area (Å²) in [6.45, 7) is 27.2. The molecule has 0 aliphatic heterocycles. The van der Waals surface area contributed by atoms with Gasteiger partial charge in [0.1, 0.15) is 0 Å². The number of hydrogen-bond acceptors (Lipinski definition) is 1. The lowest BCUT2D eigenvalue weighted by atomic mass is 9.58. The molecule has 3 heteroatoms. The van der Waals surface area contributed by atoms with Gasteiger partial charge in [-0.25, -0.2) is 0 Å². The molecule has 1 nitrogen and oxygen atoms in total. The van der Waals surface area contributed by atoms with E-state index < -0.39 is 0 Å². The molecule has 0 atom stereocenters. The minimum atomic E-state index is -0.298. The molecule has 0 saturated heterocycles. The molecular formula is C41H52Br2O. The molecular weight excluding hydrogens is 668 g/mol. The lowest BCUT2D eigenvalue weighted by Crippen LogP contribution is -2.41. The minimum absolute atomic E-state index is 0.188. The number of hydrogen-bond donors (Lipinski definition) is 0. The summed E-state index contributed by atoms with van der Waals surface area (Å²) in [5, 5.41) is 0. The van der Waals surface area contributed by atoms with Crippen LogP contribution in [0.1, 0.15) is 95.9 Å². The van der Waals surface area contributed by atoms with E-state index >= 15 is 4.79 Å². The van der Waals surface area contributed by atoms with Crippen LogP contribution in [0.15, 0.2) is 114 Å². The molecule has 0 amide bonds. The summed E-state index contributed by atoms with van der Waals surface area (Å²) < 4.78 is 2.36. The van der Waals surface area contributed by atoms with Crippen molar-refractivity contribution in [1.82, 2.24) is 0 Å². The Kier molecular flexibility index (Phi) is 9.78. The summed E-state index contributed by atoms with van der Waals surface area (Å²) in [5.74, 6) is -0.287. The molecule has 0 aromatic carbocycles. The lowest BCUT2D eigenvalue weighted by molar-refractivity contribution is -0.124. The molecule has 0 unspecified atom stereocenters. The van der Waals surface area contributed by atoms with Crippen LogP contribution in [0.4, 0.5) is 0 Å². The number of carbonyl (C=O) groups excluding carboxylic acids is 1. The first kappa shape index (κ1) is 34.9. The van der Waals surface area contributed by atoms with Crippen molar-refractivity contribution >= 4 is 37.6 Å². The van der Waals surface area contributed by atoms with Crippen molar-refractivity contribution in [3.8, 4) is 0 Å². The zero-order valence-corrected chi connectivity index (χ0v) is 32.2. The monoisotopic (exact) mass is 718 g/mol. The highest BCUT2D eigenvalue weighted by Crippen LogP contribution is 2.53. The van der Waals surface area contributed by atoms with Gasteiger partial charge in [0.25, 0.3) is 0 Å². The fourth-order valence-corrected chi connectivity index (χ4v) is 7.61. The highest BCUT2D eigenvalue weighted by molar-refractivity contribution is 9.12. The molecule has 0 spiro atoms. The second kappa shape index (κ2) is 12.3. The third-order valence-electron chi connectivity index (χ3n) is 9.13. The van der Waals surface area contributed by atoms with Gasteiger partial charge in [0.15, 0.2) is 5.78 Å². The Morgan fingerprint density at radius 1 is 0.545 bits per heavy atom. The molecule has 44 heavy (non-hydrogen) atoms. The van der Waals surface area contributed by atoms with Crippen molar-refractivity contribution in [3.05, 3.63) is 114 Å². The molecule has 4 rings (SSSR count). The number of carbonyl (C=O) groups is 1. The zero-order valence-electron chi connectivity index (χ0n) is 29.0. The van der Waals surface area contributed by atoms with Gasteiger partial charge < -0.3 is 0 Å². The Morgan fingerprint density at radius 2 is 0.818 bits per heavy atom. The summed E-state index contributed by atoms with van der Waals surface area (Å²) in [6, 6.07) is 0. The fraction of sp³-hybridized carbons (Fsp3) is 0.488. The maximum Gasteiger partial charge on any atom is 0.155 e. The van der Waals surface area contributed by atoms with E-state index in [0.29, 0.717) is 5.78 Å². The van der Waals surface area contributed by atoms with Crippen LogP contribution in [0.25, 0.3) is 0 Å². The molecule has 0 bridgehead atoms. The molecule has 0 N–H and O–H groups in total. The summed E-state index contributed by atoms with van der Waals surface area (Å²) in [4.78, 5) is 15.6. The predicted octanol–water partition coefficient (Wildman–Crippen LogP) is 12.8. The normalized spacial score (nSPS) is 23.6. The Bertz CT molecular complexity index is 1360. The smallest absolute Gasteiger partial charge is 0.155 e. The predicted molar refractivity (Wildman–Crippen MR) is 198 cm³/mol. The summed E-state index contributed by atoms with van der Waals surface area (Å²) in [6.07, 6.45) is 24.0. The highest BCUT2D eigenvalue weighted by atomic mass is 79.9. The molecule has 4 aliphatic rings. The highest BCUT2D eigenvalue weighted by Gasteiger charge is 2.47. The Hall–Kier alpha value is -1.97. The first-order valence-corrected chi connectivity index (χ1v) is 17.6. The van der Waals surface area contributed by atoms with Gasteiger partial charge in [-0.2, -0.15) is 0 Å². The van der Waals surface area contributed by atoms with Gasteiger partial charge in [-0.05, 0) is 75.2 Å².